The van der Waals surface area contributed by atoms with Gasteiger partial charge in [0.15, 0.2) is 9.84 Å². The summed E-state index contributed by atoms with van der Waals surface area (Å²) in [6.45, 7) is 0. The summed E-state index contributed by atoms with van der Waals surface area (Å²) in [6, 6.07) is 9.00. The van der Waals surface area contributed by atoms with Crippen LogP contribution in [-0.4, -0.2) is 24.6 Å². The first-order valence-electron chi connectivity index (χ1n) is 6.00. The molecule has 0 saturated heterocycles. The molecular weight excluding hydrogens is 315 g/mol. The van der Waals surface area contributed by atoms with E-state index in [1.54, 1.807) is 18.2 Å². The van der Waals surface area contributed by atoms with Gasteiger partial charge in [-0.05, 0) is 30.3 Å². The van der Waals surface area contributed by atoms with Gasteiger partial charge in [0.25, 0.3) is 0 Å². The van der Waals surface area contributed by atoms with Gasteiger partial charge >= 0.3 is 0 Å². The van der Waals surface area contributed by atoms with Crippen LogP contribution in [0, 0.1) is 5.82 Å². The van der Waals surface area contributed by atoms with Gasteiger partial charge in [0.2, 0.25) is 0 Å². The number of hydrogen-bond acceptors (Lipinski definition) is 3. The summed E-state index contributed by atoms with van der Waals surface area (Å²) in [5, 5.41) is 0.282. The van der Waals surface area contributed by atoms with Crippen LogP contribution in [0.5, 0.6) is 0 Å². The van der Waals surface area contributed by atoms with Gasteiger partial charge in [-0.2, -0.15) is 0 Å². The van der Waals surface area contributed by atoms with E-state index in [-0.39, 0.29) is 21.3 Å². The van der Waals surface area contributed by atoms with Gasteiger partial charge in [-0.3, -0.25) is 0 Å². The minimum absolute atomic E-state index is 0.108. The standard InChI is InChI=1S/C14H10ClFN2O2S/c1-21(19,20)12-4-2-3-11-13(12)18-14(17-11)9-6-5-8(15)7-10(9)16/h2-7H,1H3,(H,17,18). The van der Waals surface area contributed by atoms with Gasteiger partial charge in [-0.15, -0.1) is 0 Å². The smallest absolute Gasteiger partial charge is 0.177 e. The Morgan fingerprint density at radius 1 is 1.24 bits per heavy atom. The summed E-state index contributed by atoms with van der Waals surface area (Å²) >= 11 is 5.72. The maximum atomic E-state index is 13.9. The highest BCUT2D eigenvalue weighted by Crippen LogP contribution is 2.28. The first-order valence-corrected chi connectivity index (χ1v) is 8.27. The molecule has 0 aliphatic carbocycles. The lowest BCUT2D eigenvalue weighted by Gasteiger charge is -1.99. The third-order valence-corrected chi connectivity index (χ3v) is 4.42. The minimum atomic E-state index is -3.41. The highest BCUT2D eigenvalue weighted by atomic mass is 35.5. The molecule has 3 aromatic rings. The summed E-state index contributed by atoms with van der Waals surface area (Å²) in [6.07, 6.45) is 1.11. The van der Waals surface area contributed by atoms with Gasteiger partial charge < -0.3 is 4.98 Å². The van der Waals surface area contributed by atoms with Crippen LogP contribution in [-0.2, 0) is 9.84 Å². The number of H-pyrrole nitrogens is 1. The quantitative estimate of drug-likeness (QED) is 0.785. The molecule has 0 aliphatic rings. The van der Waals surface area contributed by atoms with Crippen molar-refractivity contribution in [2.75, 3.05) is 6.26 Å². The van der Waals surface area contributed by atoms with Crippen molar-refractivity contribution < 1.29 is 12.8 Å². The van der Waals surface area contributed by atoms with Crippen LogP contribution in [0.15, 0.2) is 41.3 Å². The molecule has 0 radical (unpaired) electrons. The molecule has 0 aliphatic heterocycles. The molecule has 0 spiro atoms. The number of benzene rings is 2. The van der Waals surface area contributed by atoms with Gasteiger partial charge in [-0.1, -0.05) is 17.7 Å². The largest absolute Gasteiger partial charge is 0.338 e. The Bertz CT molecular complexity index is 951. The van der Waals surface area contributed by atoms with Crippen LogP contribution in [0.2, 0.25) is 5.02 Å². The van der Waals surface area contributed by atoms with E-state index < -0.39 is 15.7 Å². The molecule has 108 valence electrons. The molecule has 0 bridgehead atoms. The molecule has 3 rings (SSSR count). The van der Waals surface area contributed by atoms with Crippen molar-refractivity contribution >= 4 is 32.5 Å². The van der Waals surface area contributed by atoms with Crippen molar-refractivity contribution in [1.82, 2.24) is 9.97 Å². The van der Waals surface area contributed by atoms with Crippen molar-refractivity contribution in [3.05, 3.63) is 47.2 Å². The van der Waals surface area contributed by atoms with Crippen LogP contribution in [0.3, 0.4) is 0 Å². The SMILES string of the molecule is CS(=O)(=O)c1cccc2[nH]c(-c3ccc(Cl)cc3F)nc12. The van der Waals surface area contributed by atoms with Crippen LogP contribution in [0.25, 0.3) is 22.4 Å². The Hall–Kier alpha value is -1.92. The Kier molecular flexibility index (Phi) is 3.22. The number of para-hydroxylation sites is 1. The van der Waals surface area contributed by atoms with Crippen LogP contribution < -0.4 is 0 Å². The van der Waals surface area contributed by atoms with Gasteiger partial charge in [-0.25, -0.2) is 17.8 Å². The number of nitrogens with one attached hydrogen (secondary N) is 1. The van der Waals surface area contributed by atoms with Crippen LogP contribution in [0.4, 0.5) is 4.39 Å². The van der Waals surface area contributed by atoms with Crippen molar-refractivity contribution in [1.29, 1.82) is 0 Å². The molecule has 1 N–H and O–H groups in total. The number of nitrogens with zero attached hydrogens (tertiary/aromatic N) is 1. The fourth-order valence-corrected chi connectivity index (χ4v) is 3.11. The summed E-state index contributed by atoms with van der Waals surface area (Å²) in [5.74, 6) is -0.266. The number of aromatic amines is 1. The average molecular weight is 325 g/mol. The van der Waals surface area contributed by atoms with Crippen molar-refractivity contribution in [3.63, 3.8) is 0 Å². The number of rotatable bonds is 2. The molecule has 4 nitrogen and oxygen atoms in total. The fourth-order valence-electron chi connectivity index (χ4n) is 2.11. The van der Waals surface area contributed by atoms with Crippen molar-refractivity contribution in [2.24, 2.45) is 0 Å². The maximum absolute atomic E-state index is 13.9. The van der Waals surface area contributed by atoms with E-state index in [4.69, 9.17) is 11.6 Å². The fraction of sp³-hybridized carbons (Fsp3) is 0.0714. The molecular formula is C14H10ClFN2O2S. The third-order valence-electron chi connectivity index (χ3n) is 3.06. The molecule has 21 heavy (non-hydrogen) atoms. The predicted octanol–water partition coefficient (Wildman–Crippen LogP) is 3.43. The minimum Gasteiger partial charge on any atom is -0.338 e. The number of aromatic nitrogens is 2. The normalized spacial score (nSPS) is 12.0. The van der Waals surface area contributed by atoms with E-state index in [0.717, 1.165) is 6.26 Å². The summed E-state index contributed by atoms with van der Waals surface area (Å²) < 4.78 is 37.5. The Balaban J connectivity index is 2.27. The molecule has 1 heterocycles. The first kappa shape index (κ1) is 14.0. The van der Waals surface area contributed by atoms with E-state index in [0.29, 0.717) is 11.0 Å². The monoisotopic (exact) mass is 324 g/mol. The molecule has 0 unspecified atom stereocenters. The topological polar surface area (TPSA) is 62.8 Å². The lowest BCUT2D eigenvalue weighted by Crippen LogP contribution is -1.97. The van der Waals surface area contributed by atoms with Gasteiger partial charge in [0.05, 0.1) is 16.0 Å². The first-order chi connectivity index (χ1) is 9.86. The van der Waals surface area contributed by atoms with E-state index in [9.17, 15) is 12.8 Å². The zero-order valence-corrected chi connectivity index (χ0v) is 12.5. The summed E-state index contributed by atoms with van der Waals surface area (Å²) in [7, 11) is -3.41. The molecule has 0 amide bonds. The molecule has 0 atom stereocenters. The highest BCUT2D eigenvalue weighted by molar-refractivity contribution is 7.91. The lowest BCUT2D eigenvalue weighted by molar-refractivity contribution is 0.602. The van der Waals surface area contributed by atoms with Crippen LogP contribution >= 0.6 is 11.6 Å². The van der Waals surface area contributed by atoms with E-state index >= 15 is 0 Å². The second kappa shape index (κ2) is 4.82. The predicted molar refractivity (Wildman–Crippen MR) is 79.6 cm³/mol. The molecule has 1 aromatic heterocycles. The Morgan fingerprint density at radius 2 is 2.00 bits per heavy atom. The zero-order valence-electron chi connectivity index (χ0n) is 10.9. The van der Waals surface area contributed by atoms with Crippen molar-refractivity contribution in [3.8, 4) is 11.4 Å². The molecule has 7 heteroatoms. The second-order valence-corrected chi connectivity index (χ2v) is 7.05. The van der Waals surface area contributed by atoms with E-state index in [1.165, 1.54) is 18.2 Å². The highest BCUT2D eigenvalue weighted by Gasteiger charge is 2.17. The Labute approximate surface area is 125 Å². The second-order valence-electron chi connectivity index (χ2n) is 4.63. The molecule has 2 aromatic carbocycles. The number of imidazole rings is 1. The average Bonchev–Trinajstić information content (AvgIpc) is 2.80. The van der Waals surface area contributed by atoms with E-state index in [2.05, 4.69) is 9.97 Å². The number of sulfone groups is 1. The van der Waals surface area contributed by atoms with Crippen LogP contribution in [0.1, 0.15) is 0 Å². The third kappa shape index (κ3) is 2.52. The number of fused-ring (bicyclic) bond motifs is 1. The summed E-state index contributed by atoms with van der Waals surface area (Å²) in [5.41, 5.74) is 1.06. The number of halogens is 2. The summed E-state index contributed by atoms with van der Waals surface area (Å²) in [4.78, 5) is 7.26. The Morgan fingerprint density at radius 3 is 2.67 bits per heavy atom. The lowest BCUT2D eigenvalue weighted by atomic mass is 10.2. The van der Waals surface area contributed by atoms with Gasteiger partial charge in [0, 0.05) is 11.3 Å². The molecule has 0 saturated carbocycles. The zero-order chi connectivity index (χ0) is 15.2. The molecule has 0 fully saturated rings. The van der Waals surface area contributed by atoms with Crippen molar-refractivity contribution in [2.45, 2.75) is 4.90 Å². The van der Waals surface area contributed by atoms with Gasteiger partial charge in [0.1, 0.15) is 17.2 Å². The van der Waals surface area contributed by atoms with E-state index in [1.807, 2.05) is 0 Å². The number of hydrogen-bond donors (Lipinski definition) is 1. The maximum Gasteiger partial charge on any atom is 0.177 e.